The van der Waals surface area contributed by atoms with Crippen molar-refractivity contribution >= 4 is 16.9 Å². The van der Waals surface area contributed by atoms with E-state index in [1.807, 2.05) is 0 Å². The van der Waals surface area contributed by atoms with Crippen LogP contribution in [0.3, 0.4) is 0 Å². The molecule has 0 saturated heterocycles. The summed E-state index contributed by atoms with van der Waals surface area (Å²) in [6.07, 6.45) is 2.76. The zero-order valence-corrected chi connectivity index (χ0v) is 13.0. The van der Waals surface area contributed by atoms with Gasteiger partial charge in [0.2, 0.25) is 0 Å². The van der Waals surface area contributed by atoms with Crippen LogP contribution in [-0.4, -0.2) is 18.7 Å². The molecule has 0 saturated carbocycles. The molecule has 0 bridgehead atoms. The van der Waals surface area contributed by atoms with E-state index in [-0.39, 0.29) is 35.3 Å². The van der Waals surface area contributed by atoms with Gasteiger partial charge in [-0.05, 0) is 12.1 Å². The molecule has 2 heterocycles. The van der Waals surface area contributed by atoms with E-state index in [1.54, 1.807) is 12.1 Å². The van der Waals surface area contributed by atoms with Crippen molar-refractivity contribution in [2.24, 2.45) is 0 Å². The maximum absolute atomic E-state index is 11.1. The molecule has 2 N–H and O–H groups in total. The molecule has 7 nitrogen and oxygen atoms in total. The summed E-state index contributed by atoms with van der Waals surface area (Å²) in [5.74, 6) is 0.780. The molecule has 0 aromatic carbocycles. The van der Waals surface area contributed by atoms with Crippen LogP contribution < -0.4 is 40.6 Å². The minimum Gasteiger partial charge on any atom is -0.772 e. The van der Waals surface area contributed by atoms with Crippen LogP contribution in [0.5, 0.6) is 0 Å². The van der Waals surface area contributed by atoms with Crippen molar-refractivity contribution in [3.63, 3.8) is 0 Å². The molecular formula is C10H10N3NaO4S. The number of rotatable bonds is 5. The number of aromatic amines is 1. The van der Waals surface area contributed by atoms with E-state index in [2.05, 4.69) is 15.3 Å². The maximum atomic E-state index is 11.1. The Kier molecular flexibility index (Phi) is 6.46. The van der Waals surface area contributed by atoms with E-state index in [0.29, 0.717) is 23.7 Å². The fraction of sp³-hybridized carbons (Fsp3) is 0.200. The van der Waals surface area contributed by atoms with Crippen molar-refractivity contribution in [1.29, 1.82) is 0 Å². The van der Waals surface area contributed by atoms with Gasteiger partial charge in [0, 0.05) is 17.5 Å². The van der Waals surface area contributed by atoms with E-state index in [4.69, 9.17) is 4.42 Å². The summed E-state index contributed by atoms with van der Waals surface area (Å²) in [7, 11) is 0. The number of anilines is 1. The molecule has 2 aromatic rings. The predicted molar refractivity (Wildman–Crippen MR) is 63.5 cm³/mol. The number of nitrogens with one attached hydrogen (secondary N) is 2. The number of nitrogens with zero attached hydrogens (tertiary/aromatic N) is 1. The van der Waals surface area contributed by atoms with Gasteiger partial charge in [0.15, 0.2) is 0 Å². The van der Waals surface area contributed by atoms with E-state index >= 15 is 0 Å². The normalized spacial score (nSPS) is 11.6. The summed E-state index contributed by atoms with van der Waals surface area (Å²) in [5, 5.41) is 2.90. The second-order valence-electron chi connectivity index (χ2n) is 3.47. The number of aromatic nitrogens is 2. The van der Waals surface area contributed by atoms with Gasteiger partial charge in [-0.2, -0.15) is 0 Å². The Morgan fingerprint density at radius 1 is 1.53 bits per heavy atom. The van der Waals surface area contributed by atoms with Gasteiger partial charge >= 0.3 is 35.2 Å². The first-order valence-corrected chi connectivity index (χ1v) is 6.30. The molecular weight excluding hydrogens is 281 g/mol. The van der Waals surface area contributed by atoms with Crippen molar-refractivity contribution < 1.29 is 42.7 Å². The Morgan fingerprint density at radius 3 is 2.95 bits per heavy atom. The Morgan fingerprint density at radius 2 is 2.32 bits per heavy atom. The van der Waals surface area contributed by atoms with E-state index in [9.17, 15) is 13.6 Å². The monoisotopic (exact) mass is 291 g/mol. The third kappa shape index (κ3) is 4.92. The Hall–Kier alpha value is -0.930. The first kappa shape index (κ1) is 16.1. The average Bonchev–Trinajstić information content (AvgIpc) is 2.82. The summed E-state index contributed by atoms with van der Waals surface area (Å²) in [6.45, 7) is 0.339. The van der Waals surface area contributed by atoms with Crippen molar-refractivity contribution in [2.75, 3.05) is 5.32 Å². The van der Waals surface area contributed by atoms with Crippen LogP contribution >= 0.6 is 0 Å². The Bertz CT molecular complexity index is 599. The fourth-order valence-electron chi connectivity index (χ4n) is 1.40. The summed E-state index contributed by atoms with van der Waals surface area (Å²) in [4.78, 5) is 17.0. The standard InChI is InChI=1S/C10H11N3O4S.Na/c14-10-12-4-7(6-18(15)16)9(13-10)11-5-8-2-1-3-17-8;/h1-4H,5-6H2,(H,15,16)(H2,11,12,13,14);/q;+1/p-1. The minimum absolute atomic E-state index is 0. The Labute approximate surface area is 133 Å². The van der Waals surface area contributed by atoms with Gasteiger partial charge < -0.3 is 14.3 Å². The summed E-state index contributed by atoms with van der Waals surface area (Å²) >= 11 is -2.25. The van der Waals surface area contributed by atoms with E-state index in [0.717, 1.165) is 0 Å². The third-order valence-electron chi connectivity index (χ3n) is 2.18. The molecule has 2 aromatic heterocycles. The largest absolute Gasteiger partial charge is 1.00 e. The van der Waals surface area contributed by atoms with Gasteiger partial charge in [0.25, 0.3) is 0 Å². The number of furan rings is 1. The molecule has 0 aliphatic rings. The molecule has 0 spiro atoms. The maximum Gasteiger partial charge on any atom is 1.00 e. The smallest absolute Gasteiger partial charge is 0.772 e. The molecule has 96 valence electrons. The van der Waals surface area contributed by atoms with E-state index < -0.39 is 16.8 Å². The molecule has 0 radical (unpaired) electrons. The second kappa shape index (κ2) is 7.61. The molecule has 2 rings (SSSR count). The number of hydrogen-bond acceptors (Lipinski definition) is 6. The summed E-state index contributed by atoms with van der Waals surface area (Å²) in [6, 6.07) is 3.50. The molecule has 1 unspecified atom stereocenters. The van der Waals surface area contributed by atoms with Gasteiger partial charge in [0.1, 0.15) is 11.6 Å². The van der Waals surface area contributed by atoms with Crippen LogP contribution in [0.25, 0.3) is 0 Å². The third-order valence-corrected chi connectivity index (χ3v) is 2.73. The SMILES string of the molecule is O=c1ncc(CS(=O)[O-])c(NCc2ccco2)[nH]1.[Na+]. The topological polar surface area (TPSA) is 111 Å². The van der Waals surface area contributed by atoms with Crippen molar-refractivity contribution in [1.82, 2.24) is 9.97 Å². The van der Waals surface area contributed by atoms with Gasteiger partial charge in [0.05, 0.1) is 12.8 Å². The fourth-order valence-corrected chi connectivity index (χ4v) is 1.88. The molecule has 0 fully saturated rings. The summed E-state index contributed by atoms with van der Waals surface area (Å²) in [5.41, 5.74) is -0.146. The van der Waals surface area contributed by atoms with Crippen LogP contribution in [0.4, 0.5) is 5.82 Å². The van der Waals surface area contributed by atoms with Crippen molar-refractivity contribution in [3.05, 3.63) is 46.4 Å². The van der Waals surface area contributed by atoms with Crippen LogP contribution in [-0.2, 0) is 23.4 Å². The van der Waals surface area contributed by atoms with Gasteiger partial charge in [-0.1, -0.05) is 11.1 Å². The Balaban J connectivity index is 0.00000180. The first-order chi connectivity index (χ1) is 8.65. The van der Waals surface area contributed by atoms with Gasteiger partial charge in [-0.3, -0.25) is 9.19 Å². The van der Waals surface area contributed by atoms with Gasteiger partial charge in [-0.15, -0.1) is 0 Å². The predicted octanol–water partition coefficient (Wildman–Crippen LogP) is -2.64. The van der Waals surface area contributed by atoms with Crippen LogP contribution in [0, 0.1) is 0 Å². The minimum atomic E-state index is -2.25. The zero-order valence-electron chi connectivity index (χ0n) is 10.2. The molecule has 0 amide bonds. The quantitative estimate of drug-likeness (QED) is 0.460. The number of H-pyrrole nitrogens is 1. The molecule has 0 aliphatic heterocycles. The first-order valence-electron chi connectivity index (χ1n) is 5.05. The zero-order chi connectivity index (χ0) is 13.0. The number of hydrogen-bond donors (Lipinski definition) is 2. The van der Waals surface area contributed by atoms with Crippen LogP contribution in [0.15, 0.2) is 33.8 Å². The van der Waals surface area contributed by atoms with Crippen molar-refractivity contribution in [3.8, 4) is 0 Å². The molecule has 9 heteroatoms. The van der Waals surface area contributed by atoms with Crippen molar-refractivity contribution in [2.45, 2.75) is 12.3 Å². The van der Waals surface area contributed by atoms with Gasteiger partial charge in [-0.25, -0.2) is 9.78 Å². The van der Waals surface area contributed by atoms with Crippen LogP contribution in [0.1, 0.15) is 11.3 Å². The molecule has 0 aliphatic carbocycles. The average molecular weight is 291 g/mol. The van der Waals surface area contributed by atoms with E-state index in [1.165, 1.54) is 12.5 Å². The molecule has 19 heavy (non-hydrogen) atoms. The summed E-state index contributed by atoms with van der Waals surface area (Å²) < 4.78 is 26.5. The second-order valence-corrected chi connectivity index (χ2v) is 4.37. The van der Waals surface area contributed by atoms with Crippen LogP contribution in [0.2, 0.25) is 0 Å². The molecule has 1 atom stereocenters.